The van der Waals surface area contributed by atoms with E-state index in [9.17, 15) is 27.6 Å². The Morgan fingerprint density at radius 1 is 0.941 bits per heavy atom. The predicted octanol–water partition coefficient (Wildman–Crippen LogP) is 4.78. The van der Waals surface area contributed by atoms with Gasteiger partial charge in [-0.05, 0) is 56.8 Å². The molecule has 6 rings (SSSR count). The highest BCUT2D eigenvalue weighted by molar-refractivity contribution is 6.33. The Hall–Kier alpha value is -3.88. The number of nitrogens with two attached hydrogens (primary N) is 1. The molecule has 0 unspecified atom stereocenters. The van der Waals surface area contributed by atoms with Crippen molar-refractivity contribution in [3.8, 4) is 11.4 Å². The molecule has 0 spiro atoms. The van der Waals surface area contributed by atoms with Gasteiger partial charge in [0.05, 0.1) is 28.2 Å². The molecule has 1 atom stereocenters. The summed E-state index contributed by atoms with van der Waals surface area (Å²) < 4.78 is 42.9. The Kier molecular flexibility index (Phi) is 12.2. The van der Waals surface area contributed by atoms with E-state index in [4.69, 9.17) is 17.3 Å². The number of nitrogen functional groups attached to an aromatic ring is 1. The maximum absolute atomic E-state index is 14.1. The molecule has 3 aromatic rings. The number of likely N-dealkylation sites (N-methyl/N-ethyl adjacent to an activating group) is 1. The zero-order valence-corrected chi connectivity index (χ0v) is 28.9. The molecular weight excluding hydrogens is 685 g/mol. The highest BCUT2D eigenvalue weighted by Gasteiger charge is 2.37. The summed E-state index contributed by atoms with van der Waals surface area (Å²) in [5.74, 6) is -0.919. The number of piperidine rings is 2. The van der Waals surface area contributed by atoms with Gasteiger partial charge in [0.15, 0.2) is 5.82 Å². The molecule has 2 aromatic carbocycles. The standard InChI is InChI=1S/C35H44ClF3N8O3.CH4/c1-43-15-17-44(18-16-43)26-7-13-46(14-8-26)33(49)25(19-23-20-28(35(37,38)39)31(40)29(36)21-23)22-30(48)45-11-9-27(10-12-45)47-34(50)41-32(42-47)24-5-3-2-4-6-24;/h2-6,20-21,25-27H,7-19,22,40H2,1H3,(H,41,42,50);1H4/t25-;/m0./s1. The third kappa shape index (κ3) is 8.96. The lowest BCUT2D eigenvalue weighted by Crippen LogP contribution is -2.53. The zero-order chi connectivity index (χ0) is 35.6. The summed E-state index contributed by atoms with van der Waals surface area (Å²) in [6, 6.07) is 11.8. The molecule has 0 bridgehead atoms. The summed E-state index contributed by atoms with van der Waals surface area (Å²) in [6.45, 7) is 5.70. The van der Waals surface area contributed by atoms with E-state index in [-0.39, 0.29) is 54.4 Å². The molecule has 3 N–H and O–H groups in total. The molecule has 3 fully saturated rings. The second-order valence-electron chi connectivity index (χ2n) is 13.7. The Bertz CT molecular complexity index is 1710. The summed E-state index contributed by atoms with van der Waals surface area (Å²) in [5, 5.41) is 4.27. The van der Waals surface area contributed by atoms with E-state index in [2.05, 4.69) is 26.9 Å². The highest BCUT2D eigenvalue weighted by Crippen LogP contribution is 2.38. The van der Waals surface area contributed by atoms with Crippen LogP contribution in [0, 0.1) is 5.92 Å². The average molecular weight is 733 g/mol. The van der Waals surface area contributed by atoms with Gasteiger partial charge in [0.1, 0.15) is 0 Å². The van der Waals surface area contributed by atoms with Crippen LogP contribution in [-0.2, 0) is 22.2 Å². The Labute approximate surface area is 301 Å². The smallest absolute Gasteiger partial charge is 0.397 e. The van der Waals surface area contributed by atoms with Gasteiger partial charge < -0.3 is 20.4 Å². The van der Waals surface area contributed by atoms with Gasteiger partial charge in [-0.3, -0.25) is 19.5 Å². The van der Waals surface area contributed by atoms with Gasteiger partial charge in [0.2, 0.25) is 11.8 Å². The number of hydrogen-bond acceptors (Lipinski definition) is 7. The summed E-state index contributed by atoms with van der Waals surface area (Å²) in [7, 11) is 2.11. The number of halogens is 4. The van der Waals surface area contributed by atoms with Crippen LogP contribution in [0.5, 0.6) is 0 Å². The number of nitrogens with one attached hydrogen (secondary N) is 1. The van der Waals surface area contributed by atoms with Gasteiger partial charge in [-0.25, -0.2) is 9.48 Å². The molecule has 3 aliphatic rings. The van der Waals surface area contributed by atoms with Gasteiger partial charge in [0, 0.05) is 70.4 Å². The normalized spacial score (nSPS) is 19.2. The third-order valence-corrected chi connectivity index (χ3v) is 10.7. The summed E-state index contributed by atoms with van der Waals surface area (Å²) in [6.07, 6.45) is -2.40. The van der Waals surface area contributed by atoms with Crippen molar-refractivity contribution in [2.45, 2.75) is 64.2 Å². The number of amides is 2. The quantitative estimate of drug-likeness (QED) is 0.320. The predicted molar refractivity (Wildman–Crippen MR) is 191 cm³/mol. The summed E-state index contributed by atoms with van der Waals surface area (Å²) >= 11 is 6.14. The van der Waals surface area contributed by atoms with Crippen molar-refractivity contribution in [3.05, 3.63) is 69.1 Å². The number of likely N-dealkylation sites (tertiary alicyclic amines) is 2. The van der Waals surface area contributed by atoms with E-state index >= 15 is 0 Å². The first-order valence-electron chi connectivity index (χ1n) is 17.3. The lowest BCUT2D eigenvalue weighted by atomic mass is 9.91. The van der Waals surface area contributed by atoms with Crippen molar-refractivity contribution in [1.82, 2.24) is 34.4 Å². The van der Waals surface area contributed by atoms with Gasteiger partial charge in [-0.15, -0.1) is 5.10 Å². The lowest BCUT2D eigenvalue weighted by molar-refractivity contribution is -0.143. The van der Waals surface area contributed by atoms with Crippen LogP contribution < -0.4 is 11.4 Å². The number of aromatic nitrogens is 3. The first kappa shape index (κ1) is 38.4. The van der Waals surface area contributed by atoms with E-state index in [1.165, 1.54) is 10.7 Å². The topological polar surface area (TPSA) is 124 Å². The fourth-order valence-electron chi connectivity index (χ4n) is 7.46. The molecule has 278 valence electrons. The second kappa shape index (κ2) is 16.2. The van der Waals surface area contributed by atoms with Crippen molar-refractivity contribution >= 4 is 29.1 Å². The number of anilines is 1. The molecule has 0 saturated carbocycles. The largest absolute Gasteiger partial charge is 0.418 e. The highest BCUT2D eigenvalue weighted by atomic mass is 35.5. The van der Waals surface area contributed by atoms with E-state index in [1.807, 2.05) is 30.3 Å². The Morgan fingerprint density at radius 3 is 2.18 bits per heavy atom. The zero-order valence-electron chi connectivity index (χ0n) is 28.2. The van der Waals surface area contributed by atoms with Gasteiger partial charge in [-0.1, -0.05) is 49.4 Å². The van der Waals surface area contributed by atoms with Crippen molar-refractivity contribution < 1.29 is 22.8 Å². The molecule has 3 aliphatic heterocycles. The first-order chi connectivity index (χ1) is 23.9. The molecule has 51 heavy (non-hydrogen) atoms. The number of rotatable bonds is 8. The second-order valence-corrected chi connectivity index (χ2v) is 14.1. The van der Waals surface area contributed by atoms with E-state index in [1.54, 1.807) is 9.80 Å². The van der Waals surface area contributed by atoms with Crippen LogP contribution in [0.25, 0.3) is 11.4 Å². The number of nitrogens with zero attached hydrogens (tertiary/aromatic N) is 6. The lowest BCUT2D eigenvalue weighted by Gasteiger charge is -2.42. The molecule has 15 heteroatoms. The van der Waals surface area contributed by atoms with Gasteiger partial charge >= 0.3 is 11.9 Å². The van der Waals surface area contributed by atoms with Crippen molar-refractivity contribution in [2.24, 2.45) is 5.92 Å². The van der Waals surface area contributed by atoms with Crippen molar-refractivity contribution in [2.75, 3.05) is 65.1 Å². The number of piperazine rings is 1. The summed E-state index contributed by atoms with van der Waals surface area (Å²) in [5.41, 5.74) is 4.71. The molecule has 1 aromatic heterocycles. The van der Waals surface area contributed by atoms with Crippen LogP contribution in [-0.4, -0.2) is 112 Å². The van der Waals surface area contributed by atoms with E-state index in [0.29, 0.717) is 50.9 Å². The number of hydrogen-bond donors (Lipinski definition) is 2. The van der Waals surface area contributed by atoms with E-state index < -0.39 is 23.3 Å². The first-order valence-corrected chi connectivity index (χ1v) is 17.6. The maximum Gasteiger partial charge on any atom is 0.418 e. The van der Waals surface area contributed by atoms with Crippen LogP contribution >= 0.6 is 11.6 Å². The number of carbonyl (C=O) groups excluding carboxylic acids is 2. The van der Waals surface area contributed by atoms with Gasteiger partial charge in [0.25, 0.3) is 0 Å². The molecule has 2 amide bonds. The minimum Gasteiger partial charge on any atom is -0.397 e. The summed E-state index contributed by atoms with van der Waals surface area (Å²) in [4.78, 5) is 51.6. The average Bonchev–Trinajstić information content (AvgIpc) is 3.50. The number of carbonyl (C=O) groups is 2. The number of benzene rings is 2. The third-order valence-electron chi connectivity index (χ3n) is 10.4. The molecule has 0 aliphatic carbocycles. The van der Waals surface area contributed by atoms with Crippen molar-refractivity contribution in [3.63, 3.8) is 0 Å². The van der Waals surface area contributed by atoms with Crippen LogP contribution in [0.3, 0.4) is 0 Å². The van der Waals surface area contributed by atoms with Crippen LogP contribution in [0.15, 0.2) is 47.3 Å². The van der Waals surface area contributed by atoms with Crippen LogP contribution in [0.1, 0.15) is 56.7 Å². The van der Waals surface area contributed by atoms with Crippen LogP contribution in [0.4, 0.5) is 18.9 Å². The van der Waals surface area contributed by atoms with Crippen molar-refractivity contribution in [1.29, 1.82) is 0 Å². The molecule has 3 saturated heterocycles. The minimum atomic E-state index is -4.73. The number of aromatic amines is 1. The van der Waals surface area contributed by atoms with E-state index in [0.717, 1.165) is 50.7 Å². The maximum atomic E-state index is 14.1. The minimum absolute atomic E-state index is 0. The molecule has 11 nitrogen and oxygen atoms in total. The monoisotopic (exact) mass is 732 g/mol. The number of H-pyrrole nitrogens is 1. The molecular formula is C36H48ClF3N8O3. The van der Waals surface area contributed by atoms with Crippen LogP contribution in [0.2, 0.25) is 5.02 Å². The molecule has 0 radical (unpaired) electrons. The fraction of sp³-hybridized carbons (Fsp3) is 0.556. The Balaban J connectivity index is 0.00000504. The SMILES string of the molecule is C.CN1CCN(C2CCN(C(=O)[C@H](CC(=O)N3CCC(n4nc(-c5ccccc5)[nH]c4=O)CC3)Cc3cc(Cl)c(N)c(C(F)(F)F)c3)CC2)CC1. The fourth-order valence-corrected chi connectivity index (χ4v) is 7.71. The van der Waals surface area contributed by atoms with Gasteiger partial charge in [-0.2, -0.15) is 13.2 Å². The molecule has 4 heterocycles. The Morgan fingerprint density at radius 2 is 1.55 bits per heavy atom. The number of alkyl halides is 3.